The molecule has 1 saturated heterocycles. The highest BCUT2D eigenvalue weighted by Gasteiger charge is 2.23. The average Bonchev–Trinajstić information content (AvgIpc) is 2.43. The minimum atomic E-state index is -3.53. The molecule has 1 aromatic rings. The maximum atomic E-state index is 11.2. The van der Waals surface area contributed by atoms with E-state index in [1.165, 1.54) is 0 Å². The number of hydrogen-bond acceptors (Lipinski definition) is 5. The lowest BCUT2D eigenvalue weighted by atomic mass is 10.1. The zero-order valence-corrected chi connectivity index (χ0v) is 13.4. The van der Waals surface area contributed by atoms with Gasteiger partial charge in [0.05, 0.1) is 12.9 Å². The zero-order chi connectivity index (χ0) is 15.3. The molecule has 0 amide bonds. The first kappa shape index (κ1) is 16.7. The van der Waals surface area contributed by atoms with Gasteiger partial charge in [0.25, 0.3) is 10.1 Å². The van der Waals surface area contributed by atoms with E-state index in [9.17, 15) is 8.42 Å². The number of ether oxygens (including phenoxy) is 2. The summed E-state index contributed by atoms with van der Waals surface area (Å²) in [5.74, 6) is 0. The van der Waals surface area contributed by atoms with E-state index < -0.39 is 16.2 Å². The Labute approximate surface area is 130 Å². The van der Waals surface area contributed by atoms with Gasteiger partial charge in [0.1, 0.15) is 6.10 Å². The highest BCUT2D eigenvalue weighted by Crippen LogP contribution is 2.26. The van der Waals surface area contributed by atoms with E-state index in [0.717, 1.165) is 31.1 Å². The van der Waals surface area contributed by atoms with E-state index in [2.05, 4.69) is 0 Å². The molecule has 7 heteroatoms. The van der Waals surface area contributed by atoms with E-state index in [0.29, 0.717) is 11.6 Å². The summed E-state index contributed by atoms with van der Waals surface area (Å²) >= 11 is 5.98. The molecule has 1 aliphatic rings. The van der Waals surface area contributed by atoms with Crippen molar-refractivity contribution in [3.8, 4) is 0 Å². The first-order chi connectivity index (χ1) is 9.94. The second-order valence-electron chi connectivity index (χ2n) is 4.96. The molecule has 0 spiro atoms. The standard InChI is InChI=1S/C14H19ClO5S/c1-21(16,17)19-10-13(11-5-4-6-12(15)9-11)20-14-7-2-3-8-18-14/h4-6,9,13-14H,2-3,7-8,10H2,1H3/t13-,14?/m0/s1. The summed E-state index contributed by atoms with van der Waals surface area (Å²) in [6.07, 6.45) is 2.96. The molecule has 0 aliphatic carbocycles. The third-order valence-corrected chi connectivity index (χ3v) is 3.91. The van der Waals surface area contributed by atoms with E-state index in [-0.39, 0.29) is 12.9 Å². The number of halogens is 1. The summed E-state index contributed by atoms with van der Waals surface area (Å²) in [4.78, 5) is 0. The van der Waals surface area contributed by atoms with Crippen molar-refractivity contribution in [1.82, 2.24) is 0 Å². The topological polar surface area (TPSA) is 61.8 Å². The molecule has 1 aliphatic heterocycles. The Morgan fingerprint density at radius 2 is 2.24 bits per heavy atom. The van der Waals surface area contributed by atoms with Gasteiger partial charge in [-0.15, -0.1) is 0 Å². The largest absolute Gasteiger partial charge is 0.353 e. The van der Waals surface area contributed by atoms with Crippen LogP contribution in [0.15, 0.2) is 24.3 Å². The van der Waals surface area contributed by atoms with Gasteiger partial charge in [-0.2, -0.15) is 8.42 Å². The second-order valence-corrected chi connectivity index (χ2v) is 7.04. The van der Waals surface area contributed by atoms with Crippen LogP contribution < -0.4 is 0 Å². The number of rotatable bonds is 6. The molecule has 0 aromatic heterocycles. The van der Waals surface area contributed by atoms with Crippen LogP contribution in [0.5, 0.6) is 0 Å². The van der Waals surface area contributed by atoms with Crippen LogP contribution in [0, 0.1) is 0 Å². The van der Waals surface area contributed by atoms with E-state index in [1.54, 1.807) is 18.2 Å². The van der Waals surface area contributed by atoms with Crippen LogP contribution in [0.2, 0.25) is 5.02 Å². The Morgan fingerprint density at radius 1 is 1.43 bits per heavy atom. The molecule has 0 saturated carbocycles. The Bertz CT molecular complexity index is 554. The lowest BCUT2D eigenvalue weighted by molar-refractivity contribution is -0.195. The monoisotopic (exact) mass is 334 g/mol. The molecule has 21 heavy (non-hydrogen) atoms. The maximum Gasteiger partial charge on any atom is 0.264 e. The fraction of sp³-hybridized carbons (Fsp3) is 0.571. The third kappa shape index (κ3) is 5.92. The molecule has 118 valence electrons. The molecule has 1 aromatic carbocycles. The van der Waals surface area contributed by atoms with E-state index in [1.807, 2.05) is 6.07 Å². The minimum Gasteiger partial charge on any atom is -0.353 e. The third-order valence-electron chi connectivity index (χ3n) is 3.11. The van der Waals surface area contributed by atoms with Gasteiger partial charge in [-0.3, -0.25) is 4.18 Å². The van der Waals surface area contributed by atoms with Gasteiger partial charge in [0.15, 0.2) is 6.29 Å². The minimum absolute atomic E-state index is 0.0982. The smallest absolute Gasteiger partial charge is 0.264 e. The fourth-order valence-electron chi connectivity index (χ4n) is 2.11. The molecule has 1 heterocycles. The molecule has 0 N–H and O–H groups in total. The zero-order valence-electron chi connectivity index (χ0n) is 11.8. The van der Waals surface area contributed by atoms with Crippen molar-refractivity contribution in [3.63, 3.8) is 0 Å². The predicted molar refractivity (Wildman–Crippen MR) is 79.7 cm³/mol. The summed E-state index contributed by atoms with van der Waals surface area (Å²) in [6.45, 7) is 0.554. The molecular weight excluding hydrogens is 316 g/mol. The van der Waals surface area contributed by atoms with Gasteiger partial charge in [-0.1, -0.05) is 23.7 Å². The molecular formula is C14H19ClO5S. The van der Waals surface area contributed by atoms with Crippen LogP contribution in [-0.4, -0.2) is 34.2 Å². The summed E-state index contributed by atoms with van der Waals surface area (Å²) in [5, 5.41) is 0.560. The second kappa shape index (κ2) is 7.56. The Hall–Kier alpha value is -0.660. The SMILES string of the molecule is CS(=O)(=O)OC[C@H](OC1CCCCO1)c1cccc(Cl)c1. The Kier molecular flexibility index (Phi) is 6.01. The first-order valence-corrected chi connectivity index (χ1v) is 9.00. The van der Waals surface area contributed by atoms with Crippen LogP contribution in [0.1, 0.15) is 30.9 Å². The van der Waals surface area contributed by atoms with Crippen molar-refractivity contribution in [2.24, 2.45) is 0 Å². The molecule has 1 fully saturated rings. The molecule has 2 rings (SSSR count). The molecule has 0 radical (unpaired) electrons. The summed E-state index contributed by atoms with van der Waals surface area (Å²) in [7, 11) is -3.53. The van der Waals surface area contributed by atoms with Crippen molar-refractivity contribution in [3.05, 3.63) is 34.9 Å². The van der Waals surface area contributed by atoms with Crippen LogP contribution in [-0.2, 0) is 23.8 Å². The summed E-state index contributed by atoms with van der Waals surface area (Å²) in [6, 6.07) is 7.10. The van der Waals surface area contributed by atoms with E-state index >= 15 is 0 Å². The predicted octanol–water partition coefficient (Wildman–Crippen LogP) is 2.90. The number of hydrogen-bond donors (Lipinski definition) is 0. The highest BCUT2D eigenvalue weighted by molar-refractivity contribution is 7.85. The average molecular weight is 335 g/mol. The lowest BCUT2D eigenvalue weighted by Crippen LogP contribution is -2.27. The van der Waals surface area contributed by atoms with Crippen LogP contribution in [0.3, 0.4) is 0 Å². The molecule has 5 nitrogen and oxygen atoms in total. The van der Waals surface area contributed by atoms with Crippen molar-refractivity contribution < 1.29 is 22.1 Å². The Morgan fingerprint density at radius 3 is 2.86 bits per heavy atom. The molecule has 0 bridgehead atoms. The van der Waals surface area contributed by atoms with Crippen molar-refractivity contribution >= 4 is 21.7 Å². The van der Waals surface area contributed by atoms with Gasteiger partial charge in [0, 0.05) is 11.6 Å². The van der Waals surface area contributed by atoms with Crippen LogP contribution in [0.25, 0.3) is 0 Å². The van der Waals surface area contributed by atoms with Crippen LogP contribution >= 0.6 is 11.6 Å². The van der Waals surface area contributed by atoms with Gasteiger partial charge in [0.2, 0.25) is 0 Å². The van der Waals surface area contributed by atoms with Gasteiger partial charge in [-0.05, 0) is 37.0 Å². The van der Waals surface area contributed by atoms with Gasteiger partial charge >= 0.3 is 0 Å². The van der Waals surface area contributed by atoms with Crippen molar-refractivity contribution in [2.45, 2.75) is 31.7 Å². The first-order valence-electron chi connectivity index (χ1n) is 6.81. The van der Waals surface area contributed by atoms with Crippen molar-refractivity contribution in [2.75, 3.05) is 19.5 Å². The lowest BCUT2D eigenvalue weighted by Gasteiger charge is -2.27. The van der Waals surface area contributed by atoms with Gasteiger partial charge < -0.3 is 9.47 Å². The summed E-state index contributed by atoms with van der Waals surface area (Å²) < 4.78 is 38.6. The molecule has 1 unspecified atom stereocenters. The fourth-order valence-corrected chi connectivity index (χ4v) is 2.68. The maximum absolute atomic E-state index is 11.2. The van der Waals surface area contributed by atoms with Gasteiger partial charge in [-0.25, -0.2) is 0 Å². The highest BCUT2D eigenvalue weighted by atomic mass is 35.5. The quantitative estimate of drug-likeness (QED) is 0.748. The summed E-state index contributed by atoms with van der Waals surface area (Å²) in [5.41, 5.74) is 0.764. The van der Waals surface area contributed by atoms with E-state index in [4.69, 9.17) is 25.3 Å². The number of benzene rings is 1. The van der Waals surface area contributed by atoms with Crippen LogP contribution in [0.4, 0.5) is 0 Å². The Balaban J connectivity index is 2.09. The normalized spacial score (nSPS) is 21.1. The van der Waals surface area contributed by atoms with Crippen molar-refractivity contribution in [1.29, 1.82) is 0 Å². The molecule has 2 atom stereocenters.